The molecule has 0 aromatic carbocycles. The first-order valence-electron chi connectivity index (χ1n) is 5.34. The average Bonchev–Trinajstić information content (AvgIpc) is 2.53. The van der Waals surface area contributed by atoms with Gasteiger partial charge in [0.15, 0.2) is 0 Å². The van der Waals surface area contributed by atoms with E-state index < -0.39 is 0 Å². The van der Waals surface area contributed by atoms with E-state index in [0.717, 1.165) is 39.0 Å². The monoisotopic (exact) mass is 186 g/mol. The Bertz CT molecular complexity index is 139. The van der Waals surface area contributed by atoms with E-state index in [9.17, 15) is 5.11 Å². The summed E-state index contributed by atoms with van der Waals surface area (Å²) in [4.78, 5) is 2.44. The third-order valence-corrected chi connectivity index (χ3v) is 2.92. The van der Waals surface area contributed by atoms with Gasteiger partial charge in [0, 0.05) is 6.54 Å². The Morgan fingerprint density at radius 3 is 2.85 bits per heavy atom. The SMILES string of the molecule is CC(O)C1CCN(CCCCN)C1. The maximum atomic E-state index is 9.39. The van der Waals surface area contributed by atoms with Crippen LogP contribution in [0, 0.1) is 5.92 Å². The van der Waals surface area contributed by atoms with E-state index in [0.29, 0.717) is 5.92 Å². The summed E-state index contributed by atoms with van der Waals surface area (Å²) in [6.45, 7) is 6.07. The smallest absolute Gasteiger partial charge is 0.0552 e. The number of aliphatic hydroxyl groups is 1. The number of hydrogen-bond donors (Lipinski definition) is 2. The molecule has 78 valence electrons. The van der Waals surface area contributed by atoms with Crippen molar-refractivity contribution in [1.82, 2.24) is 4.90 Å². The highest BCUT2D eigenvalue weighted by atomic mass is 16.3. The summed E-state index contributed by atoms with van der Waals surface area (Å²) in [7, 11) is 0. The van der Waals surface area contributed by atoms with Crippen molar-refractivity contribution < 1.29 is 5.11 Å². The molecule has 1 rings (SSSR count). The fourth-order valence-electron chi connectivity index (χ4n) is 1.94. The second-order valence-electron chi connectivity index (χ2n) is 4.09. The lowest BCUT2D eigenvalue weighted by Gasteiger charge is -2.16. The van der Waals surface area contributed by atoms with Crippen LogP contribution in [-0.2, 0) is 0 Å². The second kappa shape index (κ2) is 5.58. The minimum Gasteiger partial charge on any atom is -0.393 e. The van der Waals surface area contributed by atoms with Crippen molar-refractivity contribution in [3.63, 3.8) is 0 Å². The second-order valence-corrected chi connectivity index (χ2v) is 4.09. The largest absolute Gasteiger partial charge is 0.393 e. The number of nitrogens with zero attached hydrogens (tertiary/aromatic N) is 1. The van der Waals surface area contributed by atoms with Crippen LogP contribution in [0.2, 0.25) is 0 Å². The molecule has 1 heterocycles. The molecular formula is C10H22N2O. The Morgan fingerprint density at radius 1 is 1.54 bits per heavy atom. The first kappa shape index (κ1) is 11.0. The van der Waals surface area contributed by atoms with E-state index in [4.69, 9.17) is 5.73 Å². The Hall–Kier alpha value is -0.120. The van der Waals surface area contributed by atoms with Crippen molar-refractivity contribution in [1.29, 1.82) is 0 Å². The first-order valence-corrected chi connectivity index (χ1v) is 5.34. The molecule has 0 aromatic rings. The Balaban J connectivity index is 2.10. The summed E-state index contributed by atoms with van der Waals surface area (Å²) in [5.74, 6) is 0.498. The predicted molar refractivity (Wildman–Crippen MR) is 54.5 cm³/mol. The highest BCUT2D eigenvalue weighted by Crippen LogP contribution is 2.19. The van der Waals surface area contributed by atoms with E-state index in [1.165, 1.54) is 6.42 Å². The zero-order valence-electron chi connectivity index (χ0n) is 8.58. The summed E-state index contributed by atoms with van der Waals surface area (Å²) < 4.78 is 0. The third kappa shape index (κ3) is 3.63. The zero-order chi connectivity index (χ0) is 9.68. The summed E-state index contributed by atoms with van der Waals surface area (Å²) in [6, 6.07) is 0. The maximum absolute atomic E-state index is 9.39. The van der Waals surface area contributed by atoms with Gasteiger partial charge in [0.1, 0.15) is 0 Å². The predicted octanol–water partition coefficient (Wildman–Crippen LogP) is 0.428. The van der Waals surface area contributed by atoms with Gasteiger partial charge in [0.25, 0.3) is 0 Å². The van der Waals surface area contributed by atoms with Crippen LogP contribution < -0.4 is 5.73 Å². The molecule has 1 aliphatic rings. The minimum absolute atomic E-state index is 0.139. The van der Waals surface area contributed by atoms with Crippen molar-refractivity contribution in [3.05, 3.63) is 0 Å². The molecule has 3 N–H and O–H groups in total. The van der Waals surface area contributed by atoms with Crippen LogP contribution >= 0.6 is 0 Å². The molecule has 0 saturated carbocycles. The third-order valence-electron chi connectivity index (χ3n) is 2.92. The molecule has 0 aromatic heterocycles. The van der Waals surface area contributed by atoms with E-state index in [1.54, 1.807) is 0 Å². The quantitative estimate of drug-likeness (QED) is 0.612. The van der Waals surface area contributed by atoms with Crippen LogP contribution in [0.1, 0.15) is 26.2 Å². The molecule has 0 amide bonds. The van der Waals surface area contributed by atoms with Crippen LogP contribution in [0.15, 0.2) is 0 Å². The van der Waals surface area contributed by atoms with Gasteiger partial charge in [-0.05, 0) is 51.7 Å². The minimum atomic E-state index is -0.139. The summed E-state index contributed by atoms with van der Waals surface area (Å²) >= 11 is 0. The van der Waals surface area contributed by atoms with Gasteiger partial charge in [-0.3, -0.25) is 0 Å². The Kier molecular flexibility index (Phi) is 4.70. The molecule has 1 saturated heterocycles. The standard InChI is InChI=1S/C10H22N2O/c1-9(13)10-4-7-12(8-10)6-3-2-5-11/h9-10,13H,2-8,11H2,1H3. The number of nitrogens with two attached hydrogens (primary N) is 1. The van der Waals surface area contributed by atoms with Crippen molar-refractivity contribution in [2.45, 2.75) is 32.3 Å². The van der Waals surface area contributed by atoms with Gasteiger partial charge in [0.2, 0.25) is 0 Å². The number of unbranched alkanes of at least 4 members (excludes halogenated alkanes) is 1. The number of hydrogen-bond acceptors (Lipinski definition) is 3. The molecule has 0 radical (unpaired) electrons. The average molecular weight is 186 g/mol. The van der Waals surface area contributed by atoms with Gasteiger partial charge in [0.05, 0.1) is 6.10 Å². The highest BCUT2D eigenvalue weighted by molar-refractivity contribution is 4.78. The topological polar surface area (TPSA) is 49.5 Å². The lowest BCUT2D eigenvalue weighted by Crippen LogP contribution is -2.25. The van der Waals surface area contributed by atoms with E-state index in [-0.39, 0.29) is 6.10 Å². The van der Waals surface area contributed by atoms with Gasteiger partial charge < -0.3 is 15.7 Å². The first-order chi connectivity index (χ1) is 6.24. The van der Waals surface area contributed by atoms with Gasteiger partial charge in [-0.2, -0.15) is 0 Å². The zero-order valence-corrected chi connectivity index (χ0v) is 8.58. The molecule has 2 atom stereocenters. The molecular weight excluding hydrogens is 164 g/mol. The van der Waals surface area contributed by atoms with Crippen molar-refractivity contribution in [2.24, 2.45) is 11.7 Å². The van der Waals surface area contributed by atoms with Gasteiger partial charge >= 0.3 is 0 Å². The summed E-state index contributed by atoms with van der Waals surface area (Å²) in [6.07, 6.45) is 3.33. The number of rotatable bonds is 5. The summed E-state index contributed by atoms with van der Waals surface area (Å²) in [5, 5.41) is 9.39. The van der Waals surface area contributed by atoms with Crippen molar-refractivity contribution in [3.8, 4) is 0 Å². The van der Waals surface area contributed by atoms with Crippen LogP contribution in [0.4, 0.5) is 0 Å². The van der Waals surface area contributed by atoms with Gasteiger partial charge in [-0.1, -0.05) is 0 Å². The fourth-order valence-corrected chi connectivity index (χ4v) is 1.94. The van der Waals surface area contributed by atoms with Crippen molar-refractivity contribution >= 4 is 0 Å². The lowest BCUT2D eigenvalue weighted by molar-refractivity contribution is 0.127. The number of likely N-dealkylation sites (tertiary alicyclic amines) is 1. The van der Waals surface area contributed by atoms with E-state index >= 15 is 0 Å². The van der Waals surface area contributed by atoms with Crippen LogP contribution in [0.25, 0.3) is 0 Å². The molecule has 3 heteroatoms. The number of aliphatic hydroxyl groups excluding tert-OH is 1. The summed E-state index contributed by atoms with van der Waals surface area (Å²) in [5.41, 5.74) is 5.43. The normalized spacial score (nSPS) is 26.5. The van der Waals surface area contributed by atoms with Gasteiger partial charge in [-0.15, -0.1) is 0 Å². The molecule has 0 spiro atoms. The Labute approximate surface area is 80.9 Å². The van der Waals surface area contributed by atoms with Crippen LogP contribution in [-0.4, -0.2) is 42.3 Å². The molecule has 1 aliphatic heterocycles. The molecule has 0 bridgehead atoms. The van der Waals surface area contributed by atoms with Gasteiger partial charge in [-0.25, -0.2) is 0 Å². The molecule has 2 unspecified atom stereocenters. The highest BCUT2D eigenvalue weighted by Gasteiger charge is 2.24. The van der Waals surface area contributed by atoms with E-state index in [2.05, 4.69) is 4.90 Å². The van der Waals surface area contributed by atoms with Crippen LogP contribution in [0.3, 0.4) is 0 Å². The van der Waals surface area contributed by atoms with E-state index in [1.807, 2.05) is 6.92 Å². The molecule has 0 aliphatic carbocycles. The lowest BCUT2D eigenvalue weighted by atomic mass is 10.0. The molecule has 3 nitrogen and oxygen atoms in total. The fraction of sp³-hybridized carbons (Fsp3) is 1.00. The van der Waals surface area contributed by atoms with Crippen LogP contribution in [0.5, 0.6) is 0 Å². The maximum Gasteiger partial charge on any atom is 0.0552 e. The van der Waals surface area contributed by atoms with Crippen molar-refractivity contribution in [2.75, 3.05) is 26.2 Å². The Morgan fingerprint density at radius 2 is 2.31 bits per heavy atom. The molecule has 1 fully saturated rings. The molecule has 13 heavy (non-hydrogen) atoms.